The van der Waals surface area contributed by atoms with Gasteiger partial charge in [-0.25, -0.2) is 4.79 Å². The van der Waals surface area contributed by atoms with Crippen LogP contribution in [0.2, 0.25) is 54.4 Å². The molecule has 6 fully saturated rings. The molecule has 18 atom stereocenters. The van der Waals surface area contributed by atoms with Crippen molar-refractivity contribution in [2.45, 2.75) is 318 Å². The average Bonchev–Trinajstić information content (AvgIpc) is 3.81. The van der Waals surface area contributed by atoms with Gasteiger partial charge in [0.05, 0.1) is 92.1 Å². The van der Waals surface area contributed by atoms with Gasteiger partial charge in [-0.15, -0.1) is 0 Å². The zero-order chi connectivity index (χ0) is 56.4. The third-order valence-electron chi connectivity index (χ3n) is 20.7. The third kappa shape index (κ3) is 15.2. The predicted octanol–water partition coefficient (Wildman–Crippen LogP) is 13.7. The number of fused-ring (bicyclic) bond motifs is 9. The number of methoxy groups -OCH3 is 1. The van der Waals surface area contributed by atoms with Gasteiger partial charge in [0.1, 0.15) is 6.10 Å². The fourth-order valence-electron chi connectivity index (χ4n) is 14.6. The molecular weight excluding hydrogens is 1040 g/mol. The highest BCUT2D eigenvalue weighted by atomic mass is 28.4. The Hall–Kier alpha value is -1.10. The molecule has 0 N–H and O–H groups in total. The summed E-state index contributed by atoms with van der Waals surface area (Å²) in [6.45, 7) is 37.5. The molecule has 7 heterocycles. The Kier molecular flexibility index (Phi) is 24.1. The van der Waals surface area contributed by atoms with Crippen molar-refractivity contribution in [3.63, 3.8) is 0 Å². The van der Waals surface area contributed by atoms with Crippen LogP contribution in [-0.4, -0.2) is 149 Å². The molecule has 7 aliphatic heterocycles. The smallest absolute Gasteiger partial charge is 0.330 e. The first-order valence-electron chi connectivity index (χ1n) is 31.8. The summed E-state index contributed by atoms with van der Waals surface area (Å²) < 4.78 is 84.4. The predicted molar refractivity (Wildman–Crippen MR) is 316 cm³/mol. The summed E-state index contributed by atoms with van der Waals surface area (Å²) in [5.74, 6) is -1.22. The van der Waals surface area contributed by atoms with Crippen molar-refractivity contribution in [3.8, 4) is 0 Å². The highest BCUT2D eigenvalue weighted by Crippen LogP contribution is 2.46. The van der Waals surface area contributed by atoms with Crippen molar-refractivity contribution < 1.29 is 60.7 Å². The van der Waals surface area contributed by atoms with Crippen LogP contribution in [0.3, 0.4) is 0 Å². The molecule has 0 aromatic rings. The molecule has 78 heavy (non-hydrogen) atoms. The molecule has 0 amide bonds. The van der Waals surface area contributed by atoms with Gasteiger partial charge in [-0.2, -0.15) is 0 Å². The van der Waals surface area contributed by atoms with E-state index < -0.39 is 48.9 Å². The minimum Gasteiger partial charge on any atom is -0.456 e. The first-order chi connectivity index (χ1) is 37.4. The van der Waals surface area contributed by atoms with Crippen LogP contribution in [0.15, 0.2) is 36.5 Å². The van der Waals surface area contributed by atoms with Crippen LogP contribution >= 0.6 is 0 Å². The van der Waals surface area contributed by atoms with Crippen molar-refractivity contribution in [2.24, 2.45) is 11.8 Å². The largest absolute Gasteiger partial charge is 0.456 e. The summed E-state index contributed by atoms with van der Waals surface area (Å²) in [7, 11) is -4.27. The van der Waals surface area contributed by atoms with E-state index in [9.17, 15) is 4.79 Å². The lowest BCUT2D eigenvalue weighted by Gasteiger charge is -2.52. The fourth-order valence-corrected chi connectivity index (χ4v) is 23.1. The Morgan fingerprint density at radius 3 is 1.94 bits per heavy atom. The van der Waals surface area contributed by atoms with Crippen LogP contribution in [0.4, 0.5) is 0 Å². The molecule has 7 rings (SSSR count). The first-order valence-corrected chi connectivity index (χ1v) is 39.4. The highest BCUT2D eigenvalue weighted by molar-refractivity contribution is 6.74. The van der Waals surface area contributed by atoms with Gasteiger partial charge in [-0.3, -0.25) is 0 Å². The lowest BCUT2D eigenvalue weighted by Crippen LogP contribution is -2.62. The maximum Gasteiger partial charge on any atom is 0.330 e. The summed E-state index contributed by atoms with van der Waals surface area (Å²) >= 11 is 0. The normalized spacial score (nSPS) is 39.0. The molecule has 0 aromatic heterocycles. The van der Waals surface area contributed by atoms with Crippen LogP contribution < -0.4 is 0 Å². The topological polar surface area (TPSA) is 128 Å². The number of esters is 1. The Labute approximate surface area is 476 Å². The van der Waals surface area contributed by atoms with Crippen LogP contribution in [-0.2, 0) is 60.7 Å². The van der Waals surface area contributed by atoms with E-state index in [0.717, 1.165) is 110 Å². The number of hydrogen-bond acceptors (Lipinski definition) is 13. The molecule has 7 aliphatic rings. The van der Waals surface area contributed by atoms with Gasteiger partial charge in [0.2, 0.25) is 0 Å². The minimum atomic E-state index is -2.14. The van der Waals surface area contributed by atoms with Crippen molar-refractivity contribution in [1.29, 1.82) is 0 Å². The van der Waals surface area contributed by atoms with Gasteiger partial charge in [0.15, 0.2) is 30.7 Å². The second kappa shape index (κ2) is 29.1. The van der Waals surface area contributed by atoms with Gasteiger partial charge in [0, 0.05) is 57.8 Å². The molecule has 13 nitrogen and oxygen atoms in total. The molecule has 0 aliphatic carbocycles. The first kappa shape index (κ1) is 64.5. The molecule has 6 saturated heterocycles. The van der Waals surface area contributed by atoms with E-state index in [-0.39, 0.29) is 91.2 Å². The monoisotopic (exact) mass is 1150 g/mol. The molecule has 13 unspecified atom stereocenters. The van der Waals surface area contributed by atoms with Crippen LogP contribution in [0.1, 0.15) is 167 Å². The minimum absolute atomic E-state index is 0.000162. The van der Waals surface area contributed by atoms with Crippen LogP contribution in [0.5, 0.6) is 0 Å². The lowest BCUT2D eigenvalue weighted by atomic mass is 9.79. The quantitative estimate of drug-likeness (QED) is 0.0652. The molecule has 0 radical (unpaired) electrons. The summed E-state index contributed by atoms with van der Waals surface area (Å²) in [5, 5.41) is 0. The van der Waals surface area contributed by atoms with E-state index in [4.69, 9.17) is 55.9 Å². The van der Waals surface area contributed by atoms with E-state index >= 15 is 0 Å². The van der Waals surface area contributed by atoms with Crippen molar-refractivity contribution >= 4 is 30.9 Å². The SMILES string of the molecule is C=C1C(C)CC2CC[C@@H]3OC(CC[C@@]4(CCOC)OC5C[C@@H](OC(CC/C=C/C(=O)OC6[C@@H](C)C7OC(CCO[Si](CC)(CC)CC)C(O[Si](CC)(CC)CC)CC7O[C@H]6CC1O2)C5O[Si](CC)(CC)CC)C(C)O4)CC3=C. The number of hydrogen-bond donors (Lipinski definition) is 0. The molecule has 0 saturated carbocycles. The van der Waals surface area contributed by atoms with E-state index in [1.807, 2.05) is 6.08 Å². The summed E-state index contributed by atoms with van der Waals surface area (Å²) in [4.78, 5) is 14.4. The second-order valence-electron chi connectivity index (χ2n) is 24.9. The van der Waals surface area contributed by atoms with Gasteiger partial charge < -0.3 is 55.9 Å². The lowest BCUT2D eigenvalue weighted by molar-refractivity contribution is -0.282. The number of ether oxygens (including phenoxy) is 9. The molecule has 0 aromatic carbocycles. The van der Waals surface area contributed by atoms with Gasteiger partial charge in [-0.05, 0) is 130 Å². The Morgan fingerprint density at radius 1 is 0.628 bits per heavy atom. The second-order valence-corrected chi connectivity index (χ2v) is 39.2. The maximum atomic E-state index is 14.4. The Bertz CT molecular complexity index is 1900. The van der Waals surface area contributed by atoms with E-state index in [2.05, 4.69) is 96.2 Å². The Balaban J connectivity index is 1.20. The number of carbonyl (C=O) groups excluding carboxylic acids is 1. The van der Waals surface area contributed by atoms with Gasteiger partial charge in [-0.1, -0.05) is 95.4 Å². The summed E-state index contributed by atoms with van der Waals surface area (Å²) in [6.07, 6.45) is 9.44. The fraction of sp³-hybridized carbons (Fsp3) is 0.887. The van der Waals surface area contributed by atoms with Crippen LogP contribution in [0.25, 0.3) is 0 Å². The van der Waals surface area contributed by atoms with E-state index in [1.165, 1.54) is 0 Å². The highest BCUT2D eigenvalue weighted by Gasteiger charge is 2.55. The van der Waals surface area contributed by atoms with E-state index in [1.54, 1.807) is 13.2 Å². The van der Waals surface area contributed by atoms with E-state index in [0.29, 0.717) is 51.7 Å². The van der Waals surface area contributed by atoms with Gasteiger partial charge >= 0.3 is 5.97 Å². The maximum absolute atomic E-state index is 14.4. The molecular formula is C62H110O13Si3. The van der Waals surface area contributed by atoms with Crippen molar-refractivity contribution in [2.75, 3.05) is 20.3 Å². The number of carbonyl (C=O) groups is 1. The number of rotatable bonds is 20. The third-order valence-corrected chi connectivity index (χ3v) is 34.7. The zero-order valence-electron chi connectivity index (χ0n) is 51.2. The van der Waals surface area contributed by atoms with Gasteiger partial charge in [0.25, 0.3) is 0 Å². The Morgan fingerprint density at radius 2 is 1.27 bits per heavy atom. The molecule has 448 valence electrons. The summed E-state index contributed by atoms with van der Waals surface area (Å²) in [6, 6.07) is 9.50. The zero-order valence-corrected chi connectivity index (χ0v) is 54.2. The average molecular weight is 1150 g/mol. The van der Waals surface area contributed by atoms with Crippen LogP contribution in [0, 0.1) is 11.8 Å². The van der Waals surface area contributed by atoms with Crippen molar-refractivity contribution in [1.82, 2.24) is 0 Å². The molecule has 16 heteroatoms. The van der Waals surface area contributed by atoms with Crippen molar-refractivity contribution in [3.05, 3.63) is 36.5 Å². The molecule has 0 spiro atoms. The summed E-state index contributed by atoms with van der Waals surface area (Å²) in [5.41, 5.74) is 2.20. The standard InChI is InChI=1S/C62H110O13Si3/c1-16-76(17-2,18-3)65-35-32-50-54(74-77(19-4,20-5)21-6)41-56-59(70-50)45(13)60-55(69-56)39-52-44(12)42(10)37-47(67-52)29-30-49-43(11)38-48(66-49)31-33-62(34-36-64-15)72-46(14)53-40-57(73-62)61(75-78(22-7,23-8)24-9)51(68-53)27-25-26-28-58(63)71-60/h26,28,42,45-57,59-61H,11-12,16-25,27,29-41H2,1-10,13-15H3/b28-26+/t42?,45-,46?,47?,48?,49-,50?,51?,52?,53+,54?,55-,56?,57?,59?,60?,61?,62-/m0/s1. The number of allylic oxidation sites excluding steroid dienone is 1. The molecule has 8 bridgehead atoms.